The molecule has 1 N–H and O–H groups in total. The van der Waals surface area contributed by atoms with Gasteiger partial charge in [0.15, 0.2) is 10.4 Å². The van der Waals surface area contributed by atoms with Crippen molar-refractivity contribution in [1.29, 1.82) is 0 Å². The van der Waals surface area contributed by atoms with E-state index in [4.69, 9.17) is 9.47 Å². The van der Waals surface area contributed by atoms with Crippen molar-refractivity contribution in [3.63, 3.8) is 0 Å². The van der Waals surface area contributed by atoms with E-state index in [-0.39, 0.29) is 22.3 Å². The third-order valence-corrected chi connectivity index (χ3v) is 6.48. The molecule has 8 nitrogen and oxygen atoms in total. The minimum Gasteiger partial charge on any atom is -0.497 e. The predicted molar refractivity (Wildman–Crippen MR) is 125 cm³/mol. The summed E-state index contributed by atoms with van der Waals surface area (Å²) >= 11 is 1.14. The lowest BCUT2D eigenvalue weighted by molar-refractivity contribution is 0.0921. The molecule has 2 amide bonds. The number of hydrogen-bond acceptors (Lipinski definition) is 6. The summed E-state index contributed by atoms with van der Waals surface area (Å²) in [5.74, 6) is 0.599. The fourth-order valence-electron chi connectivity index (χ4n) is 3.71. The molecule has 1 aliphatic carbocycles. The molecule has 33 heavy (non-hydrogen) atoms. The summed E-state index contributed by atoms with van der Waals surface area (Å²) in [5.41, 5.74) is 1.29. The number of nitrogens with one attached hydrogen (secondary N) is 1. The SMILES string of the molecule is COc1ccc(C(=O)N=c2sn(-c3ccc(OC)cc3)nc2C(=O)NC2CCCCC2)cc1. The maximum absolute atomic E-state index is 13.1. The zero-order chi connectivity index (χ0) is 23.2. The van der Waals surface area contributed by atoms with Gasteiger partial charge in [0.2, 0.25) is 0 Å². The van der Waals surface area contributed by atoms with Crippen molar-refractivity contribution in [1.82, 2.24) is 14.5 Å². The second-order valence-electron chi connectivity index (χ2n) is 7.77. The summed E-state index contributed by atoms with van der Waals surface area (Å²) in [7, 11) is 3.16. The first-order valence-corrected chi connectivity index (χ1v) is 11.6. The van der Waals surface area contributed by atoms with Crippen LogP contribution in [-0.4, -0.2) is 41.2 Å². The Morgan fingerprint density at radius 2 is 1.58 bits per heavy atom. The van der Waals surface area contributed by atoms with Crippen molar-refractivity contribution in [2.45, 2.75) is 38.1 Å². The van der Waals surface area contributed by atoms with Crippen molar-refractivity contribution < 1.29 is 19.1 Å². The van der Waals surface area contributed by atoms with Gasteiger partial charge in [-0.05, 0) is 72.9 Å². The number of rotatable bonds is 6. The highest BCUT2D eigenvalue weighted by Crippen LogP contribution is 2.19. The Kier molecular flexibility index (Phi) is 7.19. The van der Waals surface area contributed by atoms with Gasteiger partial charge in [0.25, 0.3) is 11.8 Å². The van der Waals surface area contributed by atoms with Gasteiger partial charge >= 0.3 is 0 Å². The Labute approximate surface area is 196 Å². The fourth-order valence-corrected chi connectivity index (χ4v) is 4.56. The number of ether oxygens (including phenoxy) is 2. The maximum Gasteiger partial charge on any atom is 0.278 e. The molecule has 0 spiro atoms. The van der Waals surface area contributed by atoms with E-state index in [1.807, 2.05) is 24.3 Å². The molecule has 3 aromatic rings. The zero-order valence-electron chi connectivity index (χ0n) is 18.6. The van der Waals surface area contributed by atoms with Gasteiger partial charge in [-0.3, -0.25) is 9.59 Å². The molecular weight excluding hydrogens is 440 g/mol. The lowest BCUT2D eigenvalue weighted by Crippen LogP contribution is -2.38. The second-order valence-corrected chi connectivity index (χ2v) is 8.69. The van der Waals surface area contributed by atoms with Crippen LogP contribution < -0.4 is 19.5 Å². The molecule has 0 bridgehead atoms. The van der Waals surface area contributed by atoms with E-state index in [0.717, 1.165) is 42.9 Å². The van der Waals surface area contributed by atoms with Gasteiger partial charge in [-0.1, -0.05) is 19.3 Å². The molecule has 0 atom stereocenters. The van der Waals surface area contributed by atoms with Gasteiger partial charge in [-0.15, -0.1) is 5.10 Å². The van der Waals surface area contributed by atoms with E-state index in [0.29, 0.717) is 17.1 Å². The Morgan fingerprint density at radius 3 is 2.18 bits per heavy atom. The van der Waals surface area contributed by atoms with Crippen LogP contribution in [0.2, 0.25) is 0 Å². The van der Waals surface area contributed by atoms with E-state index >= 15 is 0 Å². The number of hydrogen-bond donors (Lipinski definition) is 1. The average molecular weight is 467 g/mol. The molecule has 1 fully saturated rings. The highest BCUT2D eigenvalue weighted by Gasteiger charge is 2.21. The van der Waals surface area contributed by atoms with Crippen molar-refractivity contribution in [2.24, 2.45) is 4.99 Å². The van der Waals surface area contributed by atoms with Crippen LogP contribution in [0.15, 0.2) is 53.5 Å². The highest BCUT2D eigenvalue weighted by molar-refractivity contribution is 7.04. The first-order chi connectivity index (χ1) is 16.1. The Hall–Kier alpha value is -3.46. The maximum atomic E-state index is 13.1. The van der Waals surface area contributed by atoms with E-state index in [9.17, 15) is 9.59 Å². The normalized spacial score (nSPS) is 14.7. The van der Waals surface area contributed by atoms with Gasteiger partial charge in [0.1, 0.15) is 11.5 Å². The Balaban J connectivity index is 1.68. The van der Waals surface area contributed by atoms with E-state index in [2.05, 4.69) is 15.4 Å². The smallest absolute Gasteiger partial charge is 0.278 e. The van der Waals surface area contributed by atoms with Crippen molar-refractivity contribution in [2.75, 3.05) is 14.2 Å². The Bertz CT molecular complexity index is 1180. The van der Waals surface area contributed by atoms with Crippen LogP contribution in [0.5, 0.6) is 11.5 Å². The molecular formula is C24H26N4O4S. The summed E-state index contributed by atoms with van der Waals surface area (Å²) in [6.07, 6.45) is 5.29. The molecule has 0 unspecified atom stereocenters. The summed E-state index contributed by atoms with van der Waals surface area (Å²) < 4.78 is 12.2. The standard InChI is InChI=1S/C24H26N4O4S/c1-31-19-12-8-16(9-13-19)22(29)26-24-21(23(30)25-17-6-4-3-5-7-17)27-28(33-24)18-10-14-20(32-2)15-11-18/h8-15,17H,3-7H2,1-2H3,(H,25,30). The first-order valence-electron chi connectivity index (χ1n) is 10.9. The van der Waals surface area contributed by atoms with E-state index < -0.39 is 5.91 Å². The zero-order valence-corrected chi connectivity index (χ0v) is 19.4. The topological polar surface area (TPSA) is 94.8 Å². The number of nitrogens with zero attached hydrogens (tertiary/aromatic N) is 3. The summed E-state index contributed by atoms with van der Waals surface area (Å²) in [6.45, 7) is 0. The Morgan fingerprint density at radius 1 is 0.970 bits per heavy atom. The minimum atomic E-state index is -0.449. The van der Waals surface area contributed by atoms with Gasteiger partial charge < -0.3 is 14.8 Å². The largest absolute Gasteiger partial charge is 0.497 e. The van der Waals surface area contributed by atoms with Crippen molar-refractivity contribution >= 4 is 23.3 Å². The predicted octanol–water partition coefficient (Wildman–Crippen LogP) is 3.75. The monoisotopic (exact) mass is 466 g/mol. The molecule has 4 rings (SSSR count). The molecule has 9 heteroatoms. The van der Waals surface area contributed by atoms with Crippen LogP contribution in [0.3, 0.4) is 0 Å². The number of benzene rings is 2. The van der Waals surface area contributed by atoms with Crippen molar-refractivity contribution in [3.8, 4) is 17.2 Å². The van der Waals surface area contributed by atoms with Gasteiger partial charge in [-0.25, -0.2) is 0 Å². The van der Waals surface area contributed by atoms with Gasteiger partial charge in [-0.2, -0.15) is 9.06 Å². The number of methoxy groups -OCH3 is 2. The van der Waals surface area contributed by atoms with Crippen molar-refractivity contribution in [3.05, 3.63) is 64.5 Å². The number of carbonyl (C=O) groups excluding carboxylic acids is 2. The lowest BCUT2D eigenvalue weighted by atomic mass is 9.95. The molecule has 1 aromatic heterocycles. The van der Waals surface area contributed by atoms with Crippen LogP contribution in [0.25, 0.3) is 5.69 Å². The molecule has 1 saturated carbocycles. The highest BCUT2D eigenvalue weighted by atomic mass is 32.1. The number of aromatic nitrogens is 2. The molecule has 172 valence electrons. The quantitative estimate of drug-likeness (QED) is 0.597. The molecule has 1 heterocycles. The van der Waals surface area contributed by atoms with E-state index in [1.165, 1.54) is 6.42 Å². The third kappa shape index (κ3) is 5.48. The molecule has 2 aromatic carbocycles. The minimum absolute atomic E-state index is 0.118. The van der Waals surface area contributed by atoms with Gasteiger partial charge in [0.05, 0.1) is 19.9 Å². The molecule has 1 aliphatic rings. The molecule has 0 aliphatic heterocycles. The fraction of sp³-hybridized carbons (Fsp3) is 0.333. The van der Waals surface area contributed by atoms with Crippen LogP contribution >= 0.6 is 11.5 Å². The number of amides is 2. The van der Waals surface area contributed by atoms with Crippen LogP contribution in [0, 0.1) is 0 Å². The van der Waals surface area contributed by atoms with Gasteiger partial charge in [0, 0.05) is 11.6 Å². The van der Waals surface area contributed by atoms with Crippen LogP contribution in [-0.2, 0) is 0 Å². The molecule has 0 radical (unpaired) electrons. The third-order valence-electron chi connectivity index (χ3n) is 5.56. The lowest BCUT2D eigenvalue weighted by Gasteiger charge is -2.22. The summed E-state index contributed by atoms with van der Waals surface area (Å²) in [4.78, 5) is 30.2. The van der Waals surface area contributed by atoms with E-state index in [1.54, 1.807) is 42.6 Å². The van der Waals surface area contributed by atoms with Crippen LogP contribution in [0.1, 0.15) is 53.0 Å². The molecule has 0 saturated heterocycles. The average Bonchev–Trinajstić information content (AvgIpc) is 3.28. The second kappa shape index (κ2) is 10.4. The summed E-state index contributed by atoms with van der Waals surface area (Å²) in [6, 6.07) is 14.1. The first kappa shape index (κ1) is 22.7. The number of carbonyl (C=O) groups is 2. The van der Waals surface area contributed by atoms with Crippen LogP contribution in [0.4, 0.5) is 0 Å². The summed E-state index contributed by atoms with van der Waals surface area (Å²) in [5, 5.41) is 7.56.